The summed E-state index contributed by atoms with van der Waals surface area (Å²) in [6.45, 7) is 2.48. The molecule has 0 aromatic heterocycles. The van der Waals surface area contributed by atoms with Crippen LogP contribution in [0.1, 0.15) is 27.0 Å². The first-order chi connectivity index (χ1) is 10.2. The van der Waals surface area contributed by atoms with Gasteiger partial charge in [0.15, 0.2) is 0 Å². The normalized spacial score (nSPS) is 13.5. The van der Waals surface area contributed by atoms with E-state index in [0.29, 0.717) is 12.2 Å². The van der Waals surface area contributed by atoms with Crippen LogP contribution in [0.2, 0.25) is 0 Å². The molecule has 3 rings (SSSR count). The molecule has 0 bridgehead atoms. The van der Waals surface area contributed by atoms with E-state index in [0.717, 1.165) is 25.3 Å². The number of hydrogen-bond acceptors (Lipinski definition) is 3. The Morgan fingerprint density at radius 1 is 1.19 bits per heavy atom. The van der Waals surface area contributed by atoms with Crippen LogP contribution in [-0.4, -0.2) is 12.5 Å². The smallest absolute Gasteiger partial charge is 0.248 e. The van der Waals surface area contributed by atoms with Crippen LogP contribution in [0.25, 0.3) is 0 Å². The third kappa shape index (κ3) is 3.06. The molecule has 2 aromatic carbocycles. The molecule has 0 aliphatic carbocycles. The zero-order valence-corrected chi connectivity index (χ0v) is 11.8. The Morgan fingerprint density at radius 2 is 2.00 bits per heavy atom. The zero-order valence-electron chi connectivity index (χ0n) is 11.8. The number of carbonyl (C=O) groups is 1. The molecule has 0 spiro atoms. The van der Waals surface area contributed by atoms with Crippen molar-refractivity contribution in [2.45, 2.75) is 19.6 Å². The lowest BCUT2D eigenvalue weighted by molar-refractivity contribution is 0.100. The third-order valence-corrected chi connectivity index (χ3v) is 3.77. The minimum absolute atomic E-state index is 0.425. The van der Waals surface area contributed by atoms with Crippen molar-refractivity contribution in [3.05, 3.63) is 64.7 Å². The molecule has 0 atom stereocenters. The lowest BCUT2D eigenvalue weighted by Gasteiger charge is -2.20. The van der Waals surface area contributed by atoms with Gasteiger partial charge in [-0.05, 0) is 53.9 Å². The topological polar surface area (TPSA) is 64.4 Å². The molecule has 1 aliphatic heterocycles. The van der Waals surface area contributed by atoms with Gasteiger partial charge in [0.05, 0.1) is 0 Å². The number of benzene rings is 2. The molecule has 21 heavy (non-hydrogen) atoms. The van der Waals surface area contributed by atoms with Crippen LogP contribution in [-0.2, 0) is 19.6 Å². The molecule has 1 amide bonds. The van der Waals surface area contributed by atoms with Crippen molar-refractivity contribution < 1.29 is 9.53 Å². The van der Waals surface area contributed by atoms with Gasteiger partial charge < -0.3 is 15.8 Å². The predicted molar refractivity (Wildman–Crippen MR) is 81.1 cm³/mol. The number of fused-ring (bicyclic) bond motifs is 1. The molecule has 4 heteroatoms. The van der Waals surface area contributed by atoms with Crippen LogP contribution < -0.4 is 15.8 Å². The van der Waals surface area contributed by atoms with Crippen LogP contribution >= 0.6 is 0 Å². The molecule has 0 radical (unpaired) electrons. The fourth-order valence-corrected chi connectivity index (χ4v) is 2.62. The molecule has 1 heterocycles. The fraction of sp³-hybridized carbons (Fsp3) is 0.235. The van der Waals surface area contributed by atoms with Crippen LogP contribution in [0.5, 0.6) is 5.75 Å². The average molecular weight is 282 g/mol. The van der Waals surface area contributed by atoms with E-state index >= 15 is 0 Å². The molecule has 0 fully saturated rings. The monoisotopic (exact) mass is 282 g/mol. The molecular weight excluding hydrogens is 264 g/mol. The summed E-state index contributed by atoms with van der Waals surface area (Å²) in [5, 5.41) is 3.37. The molecule has 0 unspecified atom stereocenters. The zero-order chi connectivity index (χ0) is 14.7. The van der Waals surface area contributed by atoms with Crippen molar-refractivity contribution in [3.63, 3.8) is 0 Å². The standard InChI is InChI=1S/C17H18N2O2/c18-17(20)12-4-6-15(7-5-12)21-11-14-3-1-2-13-10-19-9-8-16(13)14/h1-7,19H,8-11H2,(H2,18,20). The molecule has 4 nitrogen and oxygen atoms in total. The van der Waals surface area contributed by atoms with Crippen molar-refractivity contribution in [2.75, 3.05) is 6.54 Å². The Labute approximate surface area is 123 Å². The fourth-order valence-electron chi connectivity index (χ4n) is 2.62. The number of primary amides is 1. The second kappa shape index (κ2) is 5.97. The highest BCUT2D eigenvalue weighted by Crippen LogP contribution is 2.21. The summed E-state index contributed by atoms with van der Waals surface area (Å²) in [5.41, 5.74) is 9.69. The summed E-state index contributed by atoms with van der Waals surface area (Å²) < 4.78 is 5.82. The van der Waals surface area contributed by atoms with Gasteiger partial charge >= 0.3 is 0 Å². The van der Waals surface area contributed by atoms with Crippen LogP contribution in [0.3, 0.4) is 0 Å². The van der Waals surface area contributed by atoms with Gasteiger partial charge in [0.2, 0.25) is 5.91 Å². The lowest BCUT2D eigenvalue weighted by Crippen LogP contribution is -2.24. The Bertz CT molecular complexity index is 650. The summed E-state index contributed by atoms with van der Waals surface area (Å²) in [6.07, 6.45) is 1.04. The van der Waals surface area contributed by atoms with Gasteiger partial charge in [-0.15, -0.1) is 0 Å². The van der Waals surface area contributed by atoms with E-state index in [1.807, 2.05) is 0 Å². The molecule has 2 aromatic rings. The van der Waals surface area contributed by atoms with Gasteiger partial charge in [-0.3, -0.25) is 4.79 Å². The Morgan fingerprint density at radius 3 is 2.76 bits per heavy atom. The maximum Gasteiger partial charge on any atom is 0.248 e. The third-order valence-electron chi connectivity index (χ3n) is 3.77. The van der Waals surface area contributed by atoms with Crippen LogP contribution in [0, 0.1) is 0 Å². The number of rotatable bonds is 4. The quantitative estimate of drug-likeness (QED) is 0.901. The van der Waals surface area contributed by atoms with E-state index in [1.54, 1.807) is 24.3 Å². The molecule has 1 aliphatic rings. The van der Waals surface area contributed by atoms with Gasteiger partial charge in [0, 0.05) is 12.1 Å². The number of nitrogens with one attached hydrogen (secondary N) is 1. The Hall–Kier alpha value is -2.33. The minimum atomic E-state index is -0.425. The summed E-state index contributed by atoms with van der Waals surface area (Å²) in [5.74, 6) is 0.317. The summed E-state index contributed by atoms with van der Waals surface area (Å²) in [6, 6.07) is 13.3. The first-order valence-corrected chi connectivity index (χ1v) is 7.07. The maximum atomic E-state index is 11.0. The van der Waals surface area contributed by atoms with Crippen molar-refractivity contribution >= 4 is 5.91 Å². The van der Waals surface area contributed by atoms with Crippen LogP contribution in [0.4, 0.5) is 0 Å². The second-order valence-electron chi connectivity index (χ2n) is 5.16. The second-order valence-corrected chi connectivity index (χ2v) is 5.16. The summed E-state index contributed by atoms with van der Waals surface area (Å²) >= 11 is 0. The van der Waals surface area contributed by atoms with E-state index in [-0.39, 0.29) is 0 Å². The van der Waals surface area contributed by atoms with Gasteiger partial charge in [0.25, 0.3) is 0 Å². The largest absolute Gasteiger partial charge is 0.489 e. The van der Waals surface area contributed by atoms with Crippen LogP contribution in [0.15, 0.2) is 42.5 Å². The molecular formula is C17H18N2O2. The SMILES string of the molecule is NC(=O)c1ccc(OCc2cccc3c2CCNC3)cc1. The van der Waals surface area contributed by atoms with E-state index in [2.05, 4.69) is 23.5 Å². The molecule has 0 saturated heterocycles. The minimum Gasteiger partial charge on any atom is -0.489 e. The highest BCUT2D eigenvalue weighted by atomic mass is 16.5. The first-order valence-electron chi connectivity index (χ1n) is 7.07. The van der Waals surface area contributed by atoms with Crippen molar-refractivity contribution in [2.24, 2.45) is 5.73 Å². The van der Waals surface area contributed by atoms with Gasteiger partial charge in [-0.1, -0.05) is 18.2 Å². The maximum absolute atomic E-state index is 11.0. The number of hydrogen-bond donors (Lipinski definition) is 2. The van der Waals surface area contributed by atoms with Gasteiger partial charge in [-0.25, -0.2) is 0 Å². The van der Waals surface area contributed by atoms with Crippen molar-refractivity contribution in [3.8, 4) is 5.75 Å². The number of ether oxygens (including phenoxy) is 1. The highest BCUT2D eigenvalue weighted by molar-refractivity contribution is 5.92. The van der Waals surface area contributed by atoms with E-state index in [4.69, 9.17) is 10.5 Å². The average Bonchev–Trinajstić information content (AvgIpc) is 2.53. The Balaban J connectivity index is 1.71. The van der Waals surface area contributed by atoms with Gasteiger partial charge in [0.1, 0.15) is 12.4 Å². The molecule has 3 N–H and O–H groups in total. The van der Waals surface area contributed by atoms with E-state index < -0.39 is 5.91 Å². The number of carbonyl (C=O) groups excluding carboxylic acids is 1. The predicted octanol–water partition coefficient (Wildman–Crippen LogP) is 2.01. The summed E-state index contributed by atoms with van der Waals surface area (Å²) in [4.78, 5) is 11.0. The highest BCUT2D eigenvalue weighted by Gasteiger charge is 2.12. The first kappa shape index (κ1) is 13.6. The van der Waals surface area contributed by atoms with Gasteiger partial charge in [-0.2, -0.15) is 0 Å². The van der Waals surface area contributed by atoms with Crippen molar-refractivity contribution in [1.29, 1.82) is 0 Å². The molecule has 0 saturated carbocycles. The lowest BCUT2D eigenvalue weighted by atomic mass is 9.96. The summed E-state index contributed by atoms with van der Waals surface area (Å²) in [7, 11) is 0. The van der Waals surface area contributed by atoms with Crippen molar-refractivity contribution in [1.82, 2.24) is 5.32 Å². The van der Waals surface area contributed by atoms with E-state index in [1.165, 1.54) is 16.7 Å². The number of nitrogens with two attached hydrogens (primary N) is 1. The number of amides is 1. The Kier molecular flexibility index (Phi) is 3.88. The van der Waals surface area contributed by atoms with E-state index in [9.17, 15) is 4.79 Å². The molecule has 108 valence electrons.